The Morgan fingerprint density at radius 1 is 1.27 bits per heavy atom. The van der Waals surface area contributed by atoms with Gasteiger partial charge in [0.15, 0.2) is 0 Å². The molecule has 1 heterocycles. The summed E-state index contributed by atoms with van der Waals surface area (Å²) in [4.78, 5) is 0. The molecule has 66 valence electrons. The molecular formula is C7H14S4. The molecule has 0 aliphatic carbocycles. The van der Waals surface area contributed by atoms with Crippen LogP contribution in [0.2, 0.25) is 0 Å². The highest BCUT2D eigenvalue weighted by atomic mass is 32.2. The molecule has 0 nitrogen and oxygen atoms in total. The van der Waals surface area contributed by atoms with Crippen LogP contribution in [0.15, 0.2) is 0 Å². The molecule has 0 aromatic carbocycles. The predicted octanol–water partition coefficient (Wildman–Crippen LogP) is 2.50. The summed E-state index contributed by atoms with van der Waals surface area (Å²) >= 11 is 10.5. The number of hydrogen-bond donors (Lipinski definition) is 1. The monoisotopic (exact) mass is 226 g/mol. The van der Waals surface area contributed by atoms with E-state index in [9.17, 15) is 0 Å². The molecule has 1 saturated heterocycles. The van der Waals surface area contributed by atoms with Crippen molar-refractivity contribution in [3.05, 3.63) is 0 Å². The number of rotatable bonds is 3. The third kappa shape index (κ3) is 4.86. The Morgan fingerprint density at radius 3 is 2.45 bits per heavy atom. The van der Waals surface area contributed by atoms with Crippen LogP contribution in [0, 0.1) is 0 Å². The first-order valence-corrected chi connectivity index (χ1v) is 7.80. The molecule has 0 atom stereocenters. The van der Waals surface area contributed by atoms with Gasteiger partial charge in [-0.15, -0.1) is 0 Å². The van der Waals surface area contributed by atoms with E-state index in [1.54, 1.807) is 0 Å². The van der Waals surface area contributed by atoms with E-state index in [1.165, 1.54) is 28.8 Å². The molecule has 0 N–H and O–H groups in total. The van der Waals surface area contributed by atoms with Crippen LogP contribution < -0.4 is 0 Å². The Balaban J connectivity index is 2.09. The topological polar surface area (TPSA) is 0 Å². The highest BCUT2D eigenvalue weighted by Crippen LogP contribution is 2.25. The van der Waals surface area contributed by atoms with Crippen molar-refractivity contribution in [2.24, 2.45) is 0 Å². The number of thiol groups is 1. The number of thioether (sulfide) groups is 3. The van der Waals surface area contributed by atoms with Crippen molar-refractivity contribution in [2.45, 2.75) is 5.25 Å². The van der Waals surface area contributed by atoms with Crippen LogP contribution in [0.3, 0.4) is 0 Å². The Kier molecular flexibility index (Phi) is 6.54. The summed E-state index contributed by atoms with van der Waals surface area (Å²) in [7, 11) is 0. The maximum atomic E-state index is 4.21. The maximum Gasteiger partial charge on any atom is 0.0229 e. The van der Waals surface area contributed by atoms with Crippen molar-refractivity contribution in [1.82, 2.24) is 0 Å². The molecule has 1 aliphatic heterocycles. The minimum absolute atomic E-state index is 0.889. The van der Waals surface area contributed by atoms with Crippen molar-refractivity contribution in [3.8, 4) is 0 Å². The molecule has 1 rings (SSSR count). The van der Waals surface area contributed by atoms with Crippen LogP contribution in [0.5, 0.6) is 0 Å². The highest BCUT2D eigenvalue weighted by Gasteiger charge is 2.11. The van der Waals surface area contributed by atoms with Gasteiger partial charge >= 0.3 is 0 Å². The molecular weight excluding hydrogens is 212 g/mol. The Bertz CT molecular complexity index is 88.4. The maximum absolute atomic E-state index is 4.21. The van der Waals surface area contributed by atoms with E-state index in [0.717, 1.165) is 11.0 Å². The van der Waals surface area contributed by atoms with Gasteiger partial charge in [0, 0.05) is 34.0 Å². The average molecular weight is 226 g/mol. The third-order valence-corrected chi connectivity index (χ3v) is 6.14. The van der Waals surface area contributed by atoms with Gasteiger partial charge < -0.3 is 0 Å². The van der Waals surface area contributed by atoms with Crippen LogP contribution in [0.1, 0.15) is 0 Å². The van der Waals surface area contributed by atoms with Crippen molar-refractivity contribution >= 4 is 47.9 Å². The minimum atomic E-state index is 0.889. The lowest BCUT2D eigenvalue weighted by Crippen LogP contribution is -2.09. The quantitative estimate of drug-likeness (QED) is 0.735. The Hall–Kier alpha value is 1.40. The molecule has 0 unspecified atom stereocenters. The zero-order valence-electron chi connectivity index (χ0n) is 6.49. The van der Waals surface area contributed by atoms with E-state index < -0.39 is 0 Å². The first-order chi connectivity index (χ1) is 5.43. The standard InChI is InChI=1S/C7H14S4/c8-1-2-11-7-5-9-3-4-10-6-7/h7-8H,1-6H2. The fourth-order valence-corrected chi connectivity index (χ4v) is 5.20. The molecule has 0 amide bonds. The molecule has 0 aromatic heterocycles. The lowest BCUT2D eigenvalue weighted by atomic mass is 10.5. The van der Waals surface area contributed by atoms with Crippen molar-refractivity contribution in [2.75, 3.05) is 34.5 Å². The largest absolute Gasteiger partial charge is 0.179 e. The van der Waals surface area contributed by atoms with E-state index in [4.69, 9.17) is 0 Å². The molecule has 0 aromatic rings. The van der Waals surface area contributed by atoms with Gasteiger partial charge in [-0.1, -0.05) is 0 Å². The fraction of sp³-hybridized carbons (Fsp3) is 1.00. The smallest absolute Gasteiger partial charge is 0.0229 e. The lowest BCUT2D eigenvalue weighted by Gasteiger charge is -2.10. The molecule has 4 heteroatoms. The third-order valence-electron chi connectivity index (χ3n) is 1.42. The minimum Gasteiger partial charge on any atom is -0.179 e. The Morgan fingerprint density at radius 2 is 1.91 bits per heavy atom. The summed E-state index contributed by atoms with van der Waals surface area (Å²) in [6, 6.07) is 0. The zero-order chi connectivity index (χ0) is 7.94. The second kappa shape index (κ2) is 6.87. The van der Waals surface area contributed by atoms with Gasteiger partial charge in [0.1, 0.15) is 0 Å². The summed E-state index contributed by atoms with van der Waals surface area (Å²) in [6.45, 7) is 0. The van der Waals surface area contributed by atoms with E-state index in [0.29, 0.717) is 0 Å². The van der Waals surface area contributed by atoms with Crippen LogP contribution >= 0.6 is 47.9 Å². The summed E-state index contributed by atoms with van der Waals surface area (Å²) in [5.41, 5.74) is 0. The van der Waals surface area contributed by atoms with Crippen LogP contribution in [-0.2, 0) is 0 Å². The normalized spacial score (nSPS) is 21.5. The molecule has 1 fully saturated rings. The summed E-state index contributed by atoms with van der Waals surface area (Å²) in [5.74, 6) is 7.65. The summed E-state index contributed by atoms with van der Waals surface area (Å²) < 4.78 is 0. The second-order valence-electron chi connectivity index (χ2n) is 2.37. The van der Waals surface area contributed by atoms with Gasteiger partial charge in [0.25, 0.3) is 0 Å². The predicted molar refractivity (Wildman–Crippen MR) is 64.7 cm³/mol. The Labute approximate surface area is 87.4 Å². The van der Waals surface area contributed by atoms with Gasteiger partial charge in [-0.05, 0) is 5.75 Å². The van der Waals surface area contributed by atoms with E-state index in [2.05, 4.69) is 47.9 Å². The van der Waals surface area contributed by atoms with Crippen LogP contribution in [0.25, 0.3) is 0 Å². The van der Waals surface area contributed by atoms with Gasteiger partial charge in [-0.2, -0.15) is 47.9 Å². The molecule has 0 bridgehead atoms. The van der Waals surface area contributed by atoms with Crippen molar-refractivity contribution in [3.63, 3.8) is 0 Å². The van der Waals surface area contributed by atoms with Crippen molar-refractivity contribution < 1.29 is 0 Å². The first-order valence-electron chi connectivity index (χ1n) is 3.81. The molecule has 1 aliphatic rings. The van der Waals surface area contributed by atoms with Gasteiger partial charge in [0.2, 0.25) is 0 Å². The lowest BCUT2D eigenvalue weighted by molar-refractivity contribution is 1.15. The van der Waals surface area contributed by atoms with Gasteiger partial charge in [0.05, 0.1) is 0 Å². The summed E-state index contributed by atoms with van der Waals surface area (Å²) in [5, 5.41) is 0.889. The molecule has 0 saturated carbocycles. The average Bonchev–Trinajstić information content (AvgIpc) is 2.28. The molecule has 11 heavy (non-hydrogen) atoms. The SMILES string of the molecule is SCCSC1CSCCSC1. The molecule has 0 radical (unpaired) electrons. The molecule has 0 spiro atoms. The second-order valence-corrected chi connectivity index (χ2v) is 6.52. The van der Waals surface area contributed by atoms with Gasteiger partial charge in [-0.3, -0.25) is 0 Å². The van der Waals surface area contributed by atoms with Gasteiger partial charge in [-0.25, -0.2) is 0 Å². The van der Waals surface area contributed by atoms with E-state index >= 15 is 0 Å². The van der Waals surface area contributed by atoms with E-state index in [-0.39, 0.29) is 0 Å². The van der Waals surface area contributed by atoms with Crippen LogP contribution in [0.4, 0.5) is 0 Å². The fourth-order valence-electron chi connectivity index (χ4n) is 0.911. The zero-order valence-corrected chi connectivity index (χ0v) is 9.84. The number of hydrogen-bond acceptors (Lipinski definition) is 4. The summed E-state index contributed by atoms with van der Waals surface area (Å²) in [6.07, 6.45) is 0. The van der Waals surface area contributed by atoms with E-state index in [1.807, 2.05) is 0 Å². The van der Waals surface area contributed by atoms with Crippen molar-refractivity contribution in [1.29, 1.82) is 0 Å². The van der Waals surface area contributed by atoms with Crippen LogP contribution in [-0.4, -0.2) is 39.8 Å². The first kappa shape index (κ1) is 10.5. The highest BCUT2D eigenvalue weighted by molar-refractivity contribution is 8.07.